The van der Waals surface area contributed by atoms with Gasteiger partial charge in [0.15, 0.2) is 10.8 Å². The zero-order chi connectivity index (χ0) is 15.8. The molecule has 0 radical (unpaired) electrons. The number of thiazole rings is 1. The highest BCUT2D eigenvalue weighted by Crippen LogP contribution is 2.40. The van der Waals surface area contributed by atoms with Crippen LogP contribution in [0.15, 0.2) is 6.20 Å². The molecule has 0 N–H and O–H groups in total. The van der Waals surface area contributed by atoms with Gasteiger partial charge in [-0.15, -0.1) is 11.3 Å². The number of Topliss-reactive ketones (excluding diaryl/α,β-unsaturated/α-hetero) is 1. The van der Waals surface area contributed by atoms with Gasteiger partial charge in [-0.3, -0.25) is 9.69 Å². The summed E-state index contributed by atoms with van der Waals surface area (Å²) in [6.45, 7) is 2.14. The minimum atomic E-state index is -4.49. The first-order chi connectivity index (χ1) is 9.67. The number of likely N-dealkylation sites (N-methyl/N-ethyl adjacent to an activating group) is 1. The van der Waals surface area contributed by atoms with Crippen molar-refractivity contribution in [2.75, 3.05) is 14.1 Å². The van der Waals surface area contributed by atoms with Crippen molar-refractivity contribution in [3.8, 4) is 0 Å². The molecule has 0 amide bonds. The third-order valence-electron chi connectivity index (χ3n) is 4.35. The number of carbonyl (C=O) groups excluding carboxylic acids is 1. The van der Waals surface area contributed by atoms with Crippen LogP contribution in [0.3, 0.4) is 0 Å². The number of rotatable bonds is 3. The van der Waals surface area contributed by atoms with E-state index in [1.54, 1.807) is 0 Å². The van der Waals surface area contributed by atoms with Gasteiger partial charge in [0.1, 0.15) is 0 Å². The fourth-order valence-corrected chi connectivity index (χ4v) is 3.67. The molecular weight excluding hydrogens is 301 g/mol. The molecule has 0 atom stereocenters. The topological polar surface area (TPSA) is 33.2 Å². The number of hydrogen-bond acceptors (Lipinski definition) is 4. The number of carbonyl (C=O) groups is 1. The Morgan fingerprint density at radius 2 is 1.95 bits per heavy atom. The highest BCUT2D eigenvalue weighted by atomic mass is 32.1. The third-order valence-corrected chi connectivity index (χ3v) is 5.39. The maximum absolute atomic E-state index is 12.8. The molecule has 0 aromatic carbocycles. The first kappa shape index (κ1) is 16.4. The largest absolute Gasteiger partial charge is 0.443 e. The number of alkyl halides is 3. The van der Waals surface area contributed by atoms with Crippen molar-refractivity contribution < 1.29 is 18.0 Å². The molecule has 0 unspecified atom stereocenters. The normalized spacial score (nSPS) is 27.1. The maximum atomic E-state index is 12.8. The van der Waals surface area contributed by atoms with E-state index in [1.165, 1.54) is 0 Å². The maximum Gasteiger partial charge on any atom is 0.443 e. The lowest BCUT2D eigenvalue weighted by atomic mass is 9.73. The monoisotopic (exact) mass is 320 g/mol. The molecule has 1 aromatic rings. The number of halogens is 3. The molecule has 118 valence electrons. The second kappa shape index (κ2) is 5.68. The van der Waals surface area contributed by atoms with Crippen molar-refractivity contribution in [3.63, 3.8) is 0 Å². The molecule has 1 aromatic heterocycles. The van der Waals surface area contributed by atoms with Crippen molar-refractivity contribution in [2.45, 2.75) is 44.3 Å². The zero-order valence-electron chi connectivity index (χ0n) is 12.3. The van der Waals surface area contributed by atoms with E-state index >= 15 is 0 Å². The van der Waals surface area contributed by atoms with Crippen molar-refractivity contribution in [1.82, 2.24) is 9.88 Å². The van der Waals surface area contributed by atoms with E-state index in [9.17, 15) is 18.0 Å². The van der Waals surface area contributed by atoms with Crippen LogP contribution in [0, 0.1) is 5.92 Å². The Morgan fingerprint density at radius 3 is 2.38 bits per heavy atom. The fourth-order valence-electron chi connectivity index (χ4n) is 2.86. The van der Waals surface area contributed by atoms with Crippen molar-refractivity contribution in [3.05, 3.63) is 16.1 Å². The Bertz CT molecular complexity index is 517. The quantitative estimate of drug-likeness (QED) is 0.793. The Balaban J connectivity index is 2.29. The molecule has 0 saturated heterocycles. The third kappa shape index (κ3) is 3.13. The Labute approximate surface area is 126 Å². The van der Waals surface area contributed by atoms with Gasteiger partial charge in [0.05, 0.1) is 10.4 Å². The lowest BCUT2D eigenvalue weighted by Gasteiger charge is -2.42. The van der Waals surface area contributed by atoms with Crippen LogP contribution in [0.25, 0.3) is 0 Å². The van der Waals surface area contributed by atoms with Crippen LogP contribution in [0.5, 0.6) is 0 Å². The summed E-state index contributed by atoms with van der Waals surface area (Å²) in [5.41, 5.74) is -0.693. The van der Waals surface area contributed by atoms with Gasteiger partial charge in [0.25, 0.3) is 0 Å². The van der Waals surface area contributed by atoms with E-state index in [0.717, 1.165) is 19.0 Å². The molecule has 7 heteroatoms. The molecule has 1 aliphatic carbocycles. The molecule has 1 saturated carbocycles. The van der Waals surface area contributed by atoms with Gasteiger partial charge in [0.2, 0.25) is 0 Å². The molecule has 1 heterocycles. The molecule has 3 nitrogen and oxygen atoms in total. The van der Waals surface area contributed by atoms with Crippen LogP contribution in [-0.4, -0.2) is 35.3 Å². The minimum absolute atomic E-state index is 0.102. The Morgan fingerprint density at radius 1 is 1.38 bits per heavy atom. The van der Waals surface area contributed by atoms with Gasteiger partial charge >= 0.3 is 6.18 Å². The van der Waals surface area contributed by atoms with Gasteiger partial charge in [-0.2, -0.15) is 13.2 Å². The lowest BCUT2D eigenvalue weighted by Crippen LogP contribution is -2.53. The number of hydrogen-bond donors (Lipinski definition) is 0. The summed E-state index contributed by atoms with van der Waals surface area (Å²) in [5, 5.41) is -0.955. The van der Waals surface area contributed by atoms with Gasteiger partial charge in [0, 0.05) is 6.20 Å². The minimum Gasteiger partial charge on any atom is -0.297 e. The van der Waals surface area contributed by atoms with E-state index in [0.29, 0.717) is 30.1 Å². The molecule has 0 spiro atoms. The average molecular weight is 320 g/mol. The van der Waals surface area contributed by atoms with Crippen LogP contribution < -0.4 is 0 Å². The first-order valence-corrected chi connectivity index (χ1v) is 7.74. The van der Waals surface area contributed by atoms with Crippen molar-refractivity contribution in [2.24, 2.45) is 5.92 Å². The second-order valence-electron chi connectivity index (χ2n) is 5.97. The summed E-state index contributed by atoms with van der Waals surface area (Å²) in [6.07, 6.45) is -0.239. The summed E-state index contributed by atoms with van der Waals surface area (Å²) in [4.78, 5) is 18.1. The SMILES string of the molecule is CC1CCC(C(=O)c2cnc(C(F)(F)F)s2)(N(C)C)CC1. The standard InChI is InChI=1S/C14H19F3N2OS/c1-9-4-6-13(7-5-9,19(2)3)11(20)10-8-18-12(21-10)14(15,16)17/h8-9H,4-7H2,1-3H3. The molecule has 21 heavy (non-hydrogen) atoms. The zero-order valence-corrected chi connectivity index (χ0v) is 13.1. The van der Waals surface area contributed by atoms with Crippen LogP contribution >= 0.6 is 11.3 Å². The summed E-state index contributed by atoms with van der Waals surface area (Å²) in [5.74, 6) is 0.325. The molecular formula is C14H19F3N2OS. The second-order valence-corrected chi connectivity index (χ2v) is 7.00. The number of ketones is 1. The highest BCUT2D eigenvalue weighted by Gasteiger charge is 2.45. The smallest absolute Gasteiger partial charge is 0.297 e. The van der Waals surface area contributed by atoms with E-state index in [4.69, 9.17) is 0 Å². The van der Waals surface area contributed by atoms with Crippen LogP contribution in [0.2, 0.25) is 0 Å². The summed E-state index contributed by atoms with van der Waals surface area (Å²) in [6, 6.07) is 0. The van der Waals surface area contributed by atoms with Crippen LogP contribution in [0.4, 0.5) is 13.2 Å². The number of nitrogens with zero attached hydrogens (tertiary/aromatic N) is 2. The fraction of sp³-hybridized carbons (Fsp3) is 0.714. The summed E-state index contributed by atoms with van der Waals surface area (Å²) >= 11 is 0.446. The summed E-state index contributed by atoms with van der Waals surface area (Å²) in [7, 11) is 3.64. The van der Waals surface area contributed by atoms with E-state index in [1.807, 2.05) is 19.0 Å². The lowest BCUT2D eigenvalue weighted by molar-refractivity contribution is -0.137. The van der Waals surface area contributed by atoms with Gasteiger partial charge in [-0.05, 0) is 45.7 Å². The Kier molecular flexibility index (Phi) is 4.44. The highest BCUT2D eigenvalue weighted by molar-refractivity contribution is 7.13. The average Bonchev–Trinajstić information content (AvgIpc) is 2.88. The van der Waals surface area contributed by atoms with Crippen LogP contribution in [0.1, 0.15) is 47.3 Å². The van der Waals surface area contributed by atoms with E-state index < -0.39 is 16.7 Å². The van der Waals surface area contributed by atoms with Gasteiger partial charge < -0.3 is 0 Å². The van der Waals surface area contributed by atoms with Gasteiger partial charge in [-0.25, -0.2) is 4.98 Å². The van der Waals surface area contributed by atoms with E-state index in [-0.39, 0.29) is 10.7 Å². The van der Waals surface area contributed by atoms with Crippen molar-refractivity contribution in [1.29, 1.82) is 0 Å². The molecule has 0 aliphatic heterocycles. The van der Waals surface area contributed by atoms with Gasteiger partial charge in [-0.1, -0.05) is 6.92 Å². The number of aromatic nitrogens is 1. The first-order valence-electron chi connectivity index (χ1n) is 6.92. The Hall–Kier alpha value is -0.950. The molecule has 1 aliphatic rings. The predicted molar refractivity (Wildman–Crippen MR) is 75.5 cm³/mol. The summed E-state index contributed by atoms with van der Waals surface area (Å²) < 4.78 is 37.9. The van der Waals surface area contributed by atoms with Crippen molar-refractivity contribution >= 4 is 17.1 Å². The molecule has 0 bridgehead atoms. The van der Waals surface area contributed by atoms with Crippen LogP contribution in [-0.2, 0) is 6.18 Å². The molecule has 2 rings (SSSR count). The molecule has 1 fully saturated rings. The predicted octanol–water partition coefficient (Wildman–Crippen LogP) is 3.86. The van der Waals surface area contributed by atoms with E-state index in [2.05, 4.69) is 11.9 Å².